The molecular formula is C29H36N4O7S. The number of amides is 1. The summed E-state index contributed by atoms with van der Waals surface area (Å²) in [4.78, 5) is 29.1. The van der Waals surface area contributed by atoms with E-state index in [4.69, 9.17) is 14.2 Å². The maximum Gasteiger partial charge on any atom is 0.310 e. The number of aromatic nitrogens is 1. The molecule has 2 aromatic carbocycles. The second-order valence-electron chi connectivity index (χ2n) is 9.76. The number of sulfonamides is 1. The molecule has 12 heteroatoms. The lowest BCUT2D eigenvalue weighted by Crippen LogP contribution is -2.42. The van der Waals surface area contributed by atoms with Crippen LogP contribution in [0.25, 0.3) is 10.9 Å². The van der Waals surface area contributed by atoms with Gasteiger partial charge in [-0.05, 0) is 43.2 Å². The normalized spacial score (nSPS) is 17.1. The number of anilines is 1. The summed E-state index contributed by atoms with van der Waals surface area (Å²) in [6.07, 6.45) is 2.01. The van der Waals surface area contributed by atoms with Gasteiger partial charge in [0.15, 0.2) is 0 Å². The Morgan fingerprint density at radius 1 is 1.15 bits per heavy atom. The van der Waals surface area contributed by atoms with E-state index in [2.05, 4.69) is 9.71 Å². The van der Waals surface area contributed by atoms with Crippen molar-refractivity contribution in [3.05, 3.63) is 60.3 Å². The predicted octanol–water partition coefficient (Wildman–Crippen LogP) is 3.42. The molecule has 1 aromatic heterocycles. The number of fused-ring (bicyclic) bond motifs is 1. The monoisotopic (exact) mass is 584 g/mol. The molecule has 3 aromatic rings. The Balaban J connectivity index is 1.66. The van der Waals surface area contributed by atoms with Gasteiger partial charge in [0, 0.05) is 51.2 Å². The molecule has 2 heterocycles. The van der Waals surface area contributed by atoms with Crippen molar-refractivity contribution in [3.63, 3.8) is 0 Å². The Kier molecular flexibility index (Phi) is 9.92. The van der Waals surface area contributed by atoms with E-state index in [0.29, 0.717) is 24.9 Å². The smallest absolute Gasteiger partial charge is 0.310 e. The summed E-state index contributed by atoms with van der Waals surface area (Å²) in [6.45, 7) is 4.05. The Morgan fingerprint density at radius 2 is 1.95 bits per heavy atom. The third-order valence-electron chi connectivity index (χ3n) is 6.53. The van der Waals surface area contributed by atoms with Crippen LogP contribution in [-0.2, 0) is 35.5 Å². The lowest BCUT2D eigenvalue weighted by Gasteiger charge is -2.29. The first-order valence-electron chi connectivity index (χ1n) is 13.6. The molecule has 0 spiro atoms. The molecule has 1 amide bonds. The average molecular weight is 585 g/mol. The van der Waals surface area contributed by atoms with Gasteiger partial charge in [-0.3, -0.25) is 14.6 Å². The summed E-state index contributed by atoms with van der Waals surface area (Å²) in [5.74, 6) is -0.618. The predicted molar refractivity (Wildman–Crippen MR) is 154 cm³/mol. The molecule has 11 nitrogen and oxygen atoms in total. The fraction of sp³-hybridized carbons (Fsp3) is 0.414. The van der Waals surface area contributed by atoms with Gasteiger partial charge in [-0.1, -0.05) is 25.1 Å². The van der Waals surface area contributed by atoms with Gasteiger partial charge in [0.2, 0.25) is 22.2 Å². The molecule has 0 bridgehead atoms. The van der Waals surface area contributed by atoms with Crippen molar-refractivity contribution < 1.29 is 32.2 Å². The zero-order valence-corrected chi connectivity index (χ0v) is 24.5. The molecule has 1 unspecified atom stereocenters. The highest BCUT2D eigenvalue weighted by molar-refractivity contribution is 7.89. The molecule has 41 heavy (non-hydrogen) atoms. The molecule has 0 radical (unpaired) electrons. The number of carbonyl (C=O) groups excluding carboxylic acids is 2. The van der Waals surface area contributed by atoms with E-state index in [1.165, 1.54) is 11.1 Å². The summed E-state index contributed by atoms with van der Waals surface area (Å²) in [6, 6.07) is 13.3. The van der Waals surface area contributed by atoms with E-state index >= 15 is 0 Å². The molecule has 0 saturated carbocycles. The zero-order chi connectivity index (χ0) is 29.6. The first kappa shape index (κ1) is 30.4. The van der Waals surface area contributed by atoms with Gasteiger partial charge in [-0.25, -0.2) is 23.2 Å². The van der Waals surface area contributed by atoms with Crippen LogP contribution in [0.5, 0.6) is 5.75 Å². The molecule has 1 aliphatic heterocycles. The minimum atomic E-state index is -4.19. The molecule has 1 N–H and O–H groups in total. The highest BCUT2D eigenvalue weighted by Gasteiger charge is 2.39. The van der Waals surface area contributed by atoms with Gasteiger partial charge in [-0.15, -0.1) is 0 Å². The number of ether oxygens (including phenoxy) is 3. The number of carbonyl (C=O) groups is 2. The van der Waals surface area contributed by atoms with Crippen molar-refractivity contribution in [1.29, 1.82) is 0 Å². The van der Waals surface area contributed by atoms with Crippen LogP contribution in [0.3, 0.4) is 0 Å². The SMILES string of the molecule is CCCC(=O)N(c1ccc(S(=O)(=O)NC2CC(=O)O[C@@H]2OCC)c(OCCc2cccc3ncccc23)c1)N(C)C. The maximum atomic E-state index is 13.6. The minimum absolute atomic E-state index is 0.0720. The number of esters is 1. The second-order valence-corrected chi connectivity index (χ2v) is 11.4. The van der Waals surface area contributed by atoms with Crippen molar-refractivity contribution in [1.82, 2.24) is 14.7 Å². The van der Waals surface area contributed by atoms with Gasteiger partial charge < -0.3 is 14.2 Å². The van der Waals surface area contributed by atoms with E-state index in [0.717, 1.165) is 16.5 Å². The van der Waals surface area contributed by atoms with Gasteiger partial charge in [-0.2, -0.15) is 0 Å². The number of nitrogens with zero attached hydrogens (tertiary/aromatic N) is 3. The molecule has 0 aliphatic carbocycles. The molecule has 220 valence electrons. The van der Waals surface area contributed by atoms with Crippen LogP contribution in [0, 0.1) is 0 Å². The lowest BCUT2D eigenvalue weighted by atomic mass is 10.1. The van der Waals surface area contributed by atoms with Crippen molar-refractivity contribution in [2.75, 3.05) is 32.3 Å². The van der Waals surface area contributed by atoms with Crippen molar-refractivity contribution >= 4 is 38.5 Å². The van der Waals surface area contributed by atoms with Crippen molar-refractivity contribution in [2.24, 2.45) is 0 Å². The Labute approximate surface area is 240 Å². The number of hydrogen-bond donors (Lipinski definition) is 1. The van der Waals surface area contributed by atoms with Crippen LogP contribution >= 0.6 is 0 Å². The lowest BCUT2D eigenvalue weighted by molar-refractivity contribution is -0.163. The Hall–Kier alpha value is -3.58. The molecule has 2 atom stereocenters. The van der Waals surface area contributed by atoms with Crippen LogP contribution in [0.1, 0.15) is 38.7 Å². The van der Waals surface area contributed by atoms with Crippen LogP contribution in [-0.4, -0.2) is 69.9 Å². The molecular weight excluding hydrogens is 548 g/mol. The quantitative estimate of drug-likeness (QED) is 0.237. The summed E-state index contributed by atoms with van der Waals surface area (Å²) < 4.78 is 46.4. The standard InChI is InChI=1S/C29H36N4O7S/c1-5-9-27(34)33(32(3)4)21-13-14-26(41(36,37)31-24-19-28(35)40-29(24)38-6-2)25(18-21)39-17-15-20-10-7-12-23-22(20)11-8-16-30-23/h7-8,10-14,16,18,24,29,31H,5-6,9,15,17,19H2,1-4H3/t24?,29-/m0/s1. The van der Waals surface area contributed by atoms with Gasteiger partial charge >= 0.3 is 5.97 Å². The van der Waals surface area contributed by atoms with E-state index in [9.17, 15) is 18.0 Å². The van der Waals surface area contributed by atoms with Gasteiger partial charge in [0.25, 0.3) is 0 Å². The number of rotatable bonds is 13. The number of hydrogen-bond acceptors (Lipinski definition) is 9. The Bertz CT molecular complexity index is 1490. The summed E-state index contributed by atoms with van der Waals surface area (Å²) in [5, 5.41) is 4.10. The topological polar surface area (TPSA) is 127 Å². The van der Waals surface area contributed by atoms with E-state index < -0.39 is 28.3 Å². The third-order valence-corrected chi connectivity index (χ3v) is 8.06. The first-order chi connectivity index (χ1) is 19.6. The fourth-order valence-corrected chi connectivity index (χ4v) is 6.10. The molecule has 1 saturated heterocycles. The molecule has 1 aliphatic rings. The number of pyridine rings is 1. The van der Waals surface area contributed by atoms with Crippen LogP contribution in [0.15, 0.2) is 59.6 Å². The number of hydrazine groups is 1. The molecule has 1 fully saturated rings. The highest BCUT2D eigenvalue weighted by atomic mass is 32.2. The van der Waals surface area contributed by atoms with Crippen molar-refractivity contribution in [2.45, 2.75) is 56.8 Å². The number of cyclic esters (lactones) is 1. The van der Waals surface area contributed by atoms with Crippen LogP contribution < -0.4 is 14.5 Å². The summed E-state index contributed by atoms with van der Waals surface area (Å²) >= 11 is 0. The maximum absolute atomic E-state index is 13.6. The number of nitrogens with one attached hydrogen (secondary N) is 1. The summed E-state index contributed by atoms with van der Waals surface area (Å²) in [7, 11) is -0.714. The minimum Gasteiger partial charge on any atom is -0.492 e. The van der Waals surface area contributed by atoms with E-state index in [1.807, 2.05) is 37.3 Å². The van der Waals surface area contributed by atoms with Crippen LogP contribution in [0.4, 0.5) is 5.69 Å². The van der Waals surface area contributed by atoms with Gasteiger partial charge in [0.1, 0.15) is 10.6 Å². The largest absolute Gasteiger partial charge is 0.492 e. The zero-order valence-electron chi connectivity index (χ0n) is 23.7. The third kappa shape index (κ3) is 7.20. The Morgan fingerprint density at radius 3 is 2.68 bits per heavy atom. The first-order valence-corrected chi connectivity index (χ1v) is 15.1. The van der Waals surface area contributed by atoms with Crippen LogP contribution in [0.2, 0.25) is 0 Å². The van der Waals surface area contributed by atoms with E-state index in [1.54, 1.807) is 44.4 Å². The second kappa shape index (κ2) is 13.4. The number of benzene rings is 2. The fourth-order valence-electron chi connectivity index (χ4n) is 4.75. The highest BCUT2D eigenvalue weighted by Crippen LogP contribution is 2.32. The van der Waals surface area contributed by atoms with Gasteiger partial charge in [0.05, 0.1) is 30.3 Å². The average Bonchev–Trinajstić information content (AvgIpc) is 3.26. The summed E-state index contributed by atoms with van der Waals surface area (Å²) in [5.41, 5.74) is 2.32. The van der Waals surface area contributed by atoms with E-state index in [-0.39, 0.29) is 36.2 Å². The van der Waals surface area contributed by atoms with Crippen molar-refractivity contribution in [3.8, 4) is 5.75 Å². The molecule has 4 rings (SSSR count).